The number of fused-ring (bicyclic) bond motifs is 3. The quantitative estimate of drug-likeness (QED) is 0.484. The molecule has 2 aromatic rings. The lowest BCUT2D eigenvalue weighted by Crippen LogP contribution is -2.33. The van der Waals surface area contributed by atoms with Crippen LogP contribution < -0.4 is 5.32 Å². The number of carbonyl (C=O) groups is 1. The number of methoxy groups -OCH3 is 1. The molecule has 7 heteroatoms. The Morgan fingerprint density at radius 2 is 2.17 bits per heavy atom. The first-order valence-electron chi connectivity index (χ1n) is 8.32. The van der Waals surface area contributed by atoms with Gasteiger partial charge < -0.3 is 10.1 Å². The number of ether oxygens (including phenoxy) is 1. The summed E-state index contributed by atoms with van der Waals surface area (Å²) in [4.78, 5) is 24.1. The van der Waals surface area contributed by atoms with Gasteiger partial charge in [0.15, 0.2) is 0 Å². The van der Waals surface area contributed by atoms with Crippen LogP contribution in [0.1, 0.15) is 36.0 Å². The zero-order valence-corrected chi connectivity index (χ0v) is 16.0. The van der Waals surface area contributed by atoms with Gasteiger partial charge >= 0.3 is 0 Å². The largest absolute Gasteiger partial charge is 0.383 e. The van der Waals surface area contributed by atoms with Gasteiger partial charge in [-0.05, 0) is 45.1 Å². The van der Waals surface area contributed by atoms with Gasteiger partial charge in [0.1, 0.15) is 15.7 Å². The number of thiophene rings is 1. The molecule has 0 aromatic carbocycles. The highest BCUT2D eigenvalue weighted by molar-refractivity contribution is 8.00. The van der Waals surface area contributed by atoms with Crippen LogP contribution in [0.5, 0.6) is 0 Å². The van der Waals surface area contributed by atoms with Gasteiger partial charge in [0.05, 0.1) is 11.9 Å². The molecule has 2 aromatic heterocycles. The van der Waals surface area contributed by atoms with Crippen molar-refractivity contribution in [1.82, 2.24) is 15.3 Å². The smallest absolute Gasteiger partial charge is 0.233 e. The molecule has 130 valence electrons. The molecule has 0 saturated carbocycles. The van der Waals surface area contributed by atoms with Crippen molar-refractivity contribution in [3.05, 3.63) is 16.3 Å². The van der Waals surface area contributed by atoms with Crippen LogP contribution in [0.25, 0.3) is 10.2 Å². The van der Waals surface area contributed by atoms with Gasteiger partial charge in [-0.15, -0.1) is 11.3 Å². The van der Waals surface area contributed by atoms with E-state index in [1.165, 1.54) is 40.4 Å². The summed E-state index contributed by atoms with van der Waals surface area (Å²) in [7, 11) is 1.63. The summed E-state index contributed by atoms with van der Waals surface area (Å²) in [6, 6.07) is 0. The molecular formula is C17H23N3O2S2. The minimum atomic E-state index is -0.196. The molecular weight excluding hydrogens is 342 g/mol. The van der Waals surface area contributed by atoms with E-state index in [0.717, 1.165) is 28.5 Å². The molecule has 0 aliphatic heterocycles. The van der Waals surface area contributed by atoms with Crippen LogP contribution in [-0.2, 0) is 22.4 Å². The number of rotatable bonds is 6. The van der Waals surface area contributed by atoms with Crippen molar-refractivity contribution in [3.8, 4) is 0 Å². The molecule has 1 amide bonds. The fourth-order valence-electron chi connectivity index (χ4n) is 2.95. The molecule has 0 spiro atoms. The lowest BCUT2D eigenvalue weighted by Gasteiger charge is -2.14. The average Bonchev–Trinajstić information content (AvgIpc) is 2.92. The third-order valence-electron chi connectivity index (χ3n) is 4.16. The highest BCUT2D eigenvalue weighted by Crippen LogP contribution is 2.40. The fourth-order valence-corrected chi connectivity index (χ4v) is 5.37. The molecule has 5 nitrogen and oxygen atoms in total. The third kappa shape index (κ3) is 3.73. The van der Waals surface area contributed by atoms with E-state index in [1.54, 1.807) is 18.4 Å². The van der Waals surface area contributed by atoms with Gasteiger partial charge in [0.2, 0.25) is 5.91 Å². The Bertz CT molecular complexity index is 745. The second-order valence-corrected chi connectivity index (χ2v) is 8.42. The van der Waals surface area contributed by atoms with Gasteiger partial charge in [0, 0.05) is 23.9 Å². The van der Waals surface area contributed by atoms with Crippen LogP contribution in [0.15, 0.2) is 5.03 Å². The van der Waals surface area contributed by atoms with Gasteiger partial charge in [-0.25, -0.2) is 9.97 Å². The molecule has 1 N–H and O–H groups in total. The predicted molar refractivity (Wildman–Crippen MR) is 99.0 cm³/mol. The topological polar surface area (TPSA) is 64.1 Å². The first kappa shape index (κ1) is 17.6. The zero-order chi connectivity index (χ0) is 17.1. The summed E-state index contributed by atoms with van der Waals surface area (Å²) < 4.78 is 4.97. The maximum absolute atomic E-state index is 12.2. The van der Waals surface area contributed by atoms with Crippen LogP contribution in [0.3, 0.4) is 0 Å². The number of amides is 1. The van der Waals surface area contributed by atoms with Crippen molar-refractivity contribution in [2.45, 2.75) is 49.8 Å². The Morgan fingerprint density at radius 3 is 2.96 bits per heavy atom. The minimum Gasteiger partial charge on any atom is -0.383 e. The van der Waals surface area contributed by atoms with Gasteiger partial charge in [-0.3, -0.25) is 4.79 Å². The Labute approximate surface area is 150 Å². The molecule has 2 heterocycles. The molecule has 0 saturated heterocycles. The summed E-state index contributed by atoms with van der Waals surface area (Å²) in [5.41, 5.74) is 1.41. The lowest BCUT2D eigenvalue weighted by molar-refractivity contribution is -0.120. The summed E-state index contributed by atoms with van der Waals surface area (Å²) in [6.45, 7) is 4.91. The van der Waals surface area contributed by atoms with E-state index >= 15 is 0 Å². The van der Waals surface area contributed by atoms with E-state index in [9.17, 15) is 4.79 Å². The van der Waals surface area contributed by atoms with E-state index in [4.69, 9.17) is 4.74 Å². The number of hydrogen-bond donors (Lipinski definition) is 1. The number of aromatic nitrogens is 2. The van der Waals surface area contributed by atoms with Gasteiger partial charge in [0.25, 0.3) is 0 Å². The third-order valence-corrected chi connectivity index (χ3v) is 6.43. The normalized spacial score (nSPS) is 15.3. The molecule has 0 fully saturated rings. The maximum atomic E-state index is 12.2. The molecule has 0 unspecified atom stereocenters. The average molecular weight is 366 g/mol. The zero-order valence-electron chi connectivity index (χ0n) is 14.3. The molecule has 1 atom stereocenters. The Balaban J connectivity index is 1.85. The second kappa shape index (κ2) is 7.80. The van der Waals surface area contributed by atoms with Crippen LogP contribution in [-0.4, -0.2) is 41.4 Å². The van der Waals surface area contributed by atoms with E-state index in [0.29, 0.717) is 13.2 Å². The molecule has 0 bridgehead atoms. The number of hydrogen-bond acceptors (Lipinski definition) is 6. The number of nitrogens with one attached hydrogen (secondary N) is 1. The Morgan fingerprint density at radius 1 is 1.38 bits per heavy atom. The SMILES string of the molecule is COCCNC(=O)[C@@H](C)Sc1nc(C)nc2sc3c(c12)CCCC3. The molecule has 24 heavy (non-hydrogen) atoms. The monoisotopic (exact) mass is 365 g/mol. The molecule has 3 rings (SSSR count). The first-order valence-corrected chi connectivity index (χ1v) is 10.0. The highest BCUT2D eigenvalue weighted by Gasteiger charge is 2.23. The van der Waals surface area contributed by atoms with Crippen molar-refractivity contribution < 1.29 is 9.53 Å². The minimum absolute atomic E-state index is 0.0190. The van der Waals surface area contributed by atoms with E-state index in [1.807, 2.05) is 13.8 Å². The Hall–Kier alpha value is -1.18. The van der Waals surface area contributed by atoms with Crippen LogP contribution in [0.4, 0.5) is 0 Å². The van der Waals surface area contributed by atoms with Crippen molar-refractivity contribution in [2.24, 2.45) is 0 Å². The van der Waals surface area contributed by atoms with E-state index in [2.05, 4.69) is 15.3 Å². The van der Waals surface area contributed by atoms with Crippen LogP contribution >= 0.6 is 23.1 Å². The number of carbonyl (C=O) groups excluding carboxylic acids is 1. The predicted octanol–water partition coefficient (Wildman–Crippen LogP) is 3.12. The highest BCUT2D eigenvalue weighted by atomic mass is 32.2. The van der Waals surface area contributed by atoms with E-state index < -0.39 is 0 Å². The molecule has 0 radical (unpaired) electrons. The van der Waals surface area contributed by atoms with Crippen LogP contribution in [0.2, 0.25) is 0 Å². The lowest BCUT2D eigenvalue weighted by atomic mass is 9.97. The summed E-state index contributed by atoms with van der Waals surface area (Å²) in [6.07, 6.45) is 4.73. The van der Waals surface area contributed by atoms with Crippen molar-refractivity contribution in [1.29, 1.82) is 0 Å². The summed E-state index contributed by atoms with van der Waals surface area (Å²) in [5.74, 6) is 0.793. The molecule has 1 aliphatic rings. The van der Waals surface area contributed by atoms with Gasteiger partial charge in [-0.2, -0.15) is 0 Å². The summed E-state index contributed by atoms with van der Waals surface area (Å²) >= 11 is 3.33. The number of thioether (sulfide) groups is 1. The molecule has 1 aliphatic carbocycles. The summed E-state index contributed by atoms with van der Waals surface area (Å²) in [5, 5.41) is 4.83. The van der Waals surface area contributed by atoms with Gasteiger partial charge in [-0.1, -0.05) is 11.8 Å². The van der Waals surface area contributed by atoms with Crippen molar-refractivity contribution in [3.63, 3.8) is 0 Å². The maximum Gasteiger partial charge on any atom is 0.233 e. The number of aryl methyl sites for hydroxylation is 3. The van der Waals surface area contributed by atoms with Crippen LogP contribution in [0, 0.1) is 6.92 Å². The van der Waals surface area contributed by atoms with E-state index in [-0.39, 0.29) is 11.2 Å². The Kier molecular flexibility index (Phi) is 5.73. The van der Waals surface area contributed by atoms with Crippen molar-refractivity contribution in [2.75, 3.05) is 20.3 Å². The fraction of sp³-hybridized carbons (Fsp3) is 0.588. The second-order valence-electron chi connectivity index (χ2n) is 6.01. The first-order chi connectivity index (χ1) is 11.6. The van der Waals surface area contributed by atoms with Crippen molar-refractivity contribution >= 4 is 39.2 Å². The standard InChI is InChI=1S/C17H23N3O2S2/c1-10(15(21)18-8-9-22-3)23-16-14-12-6-4-5-7-13(12)24-17(14)20-11(2)19-16/h10H,4-9H2,1-3H3,(H,18,21)/t10-/m1/s1. The number of nitrogens with zero attached hydrogens (tertiary/aromatic N) is 2.